The molecule has 0 aromatic carbocycles. The molecule has 4 heterocycles. The van der Waals surface area contributed by atoms with Crippen molar-refractivity contribution >= 4 is 11.7 Å². The van der Waals surface area contributed by atoms with Gasteiger partial charge in [-0.15, -0.1) is 5.10 Å². The van der Waals surface area contributed by atoms with Gasteiger partial charge in [0.2, 0.25) is 5.88 Å². The van der Waals surface area contributed by atoms with E-state index in [0.717, 1.165) is 37.7 Å². The number of carbonyl (C=O) groups excluding carboxylic acids is 1. The number of amides is 1. The maximum Gasteiger partial charge on any atom is 0.259 e. The molecule has 2 aromatic heterocycles. The van der Waals surface area contributed by atoms with Crippen LogP contribution in [0.25, 0.3) is 0 Å². The number of likely N-dealkylation sites (tertiary alicyclic amines) is 1. The number of nitrogens with zero attached hydrogens (tertiary/aromatic N) is 5. The molecule has 0 radical (unpaired) electrons. The minimum atomic E-state index is 0.000205. The van der Waals surface area contributed by atoms with Crippen LogP contribution in [-0.4, -0.2) is 59.3 Å². The molecule has 2 aliphatic rings. The van der Waals surface area contributed by atoms with Crippen LogP contribution in [0.2, 0.25) is 0 Å². The Morgan fingerprint density at radius 2 is 1.79 bits per heavy atom. The van der Waals surface area contributed by atoms with Gasteiger partial charge in [0, 0.05) is 49.6 Å². The Morgan fingerprint density at radius 3 is 2.36 bits per heavy atom. The largest absolute Gasteiger partial charge is 0.480 e. The monoisotopic (exact) mass is 381 g/mol. The number of methoxy groups -OCH3 is 1. The Balaban J connectivity index is 1.41. The molecule has 0 aliphatic carbocycles. The first kappa shape index (κ1) is 18.7. The van der Waals surface area contributed by atoms with E-state index in [1.165, 1.54) is 0 Å². The molecule has 4 rings (SSSR count). The molecule has 2 aromatic rings. The van der Waals surface area contributed by atoms with Crippen molar-refractivity contribution in [3.63, 3.8) is 0 Å². The molecule has 0 bridgehead atoms. The molecule has 2 aliphatic heterocycles. The summed E-state index contributed by atoms with van der Waals surface area (Å²) in [6, 6.07) is 7.69. The van der Waals surface area contributed by atoms with E-state index < -0.39 is 0 Å². The molecule has 1 amide bonds. The first-order valence-electron chi connectivity index (χ1n) is 9.74. The summed E-state index contributed by atoms with van der Waals surface area (Å²) >= 11 is 0. The number of anilines is 1. The highest BCUT2D eigenvalue weighted by Crippen LogP contribution is 2.34. The van der Waals surface area contributed by atoms with Gasteiger partial charge in [-0.2, -0.15) is 5.10 Å². The van der Waals surface area contributed by atoms with Gasteiger partial charge in [0.25, 0.3) is 5.91 Å². The second-order valence-corrected chi connectivity index (χ2v) is 8.72. The Morgan fingerprint density at radius 1 is 1.07 bits per heavy atom. The van der Waals surface area contributed by atoms with Crippen LogP contribution in [0.4, 0.5) is 5.82 Å². The predicted molar refractivity (Wildman–Crippen MR) is 107 cm³/mol. The summed E-state index contributed by atoms with van der Waals surface area (Å²) in [5.74, 6) is 2.22. The fourth-order valence-electron chi connectivity index (χ4n) is 4.13. The Kier molecular flexibility index (Phi) is 4.69. The molecule has 2 unspecified atom stereocenters. The van der Waals surface area contributed by atoms with E-state index in [1.807, 2.05) is 4.90 Å². The Labute approximate surface area is 165 Å². The minimum Gasteiger partial charge on any atom is -0.480 e. The van der Waals surface area contributed by atoms with Gasteiger partial charge in [-0.25, -0.2) is 4.98 Å². The molecule has 0 spiro atoms. The Bertz CT molecular complexity index is 848. The molecule has 148 valence electrons. The smallest absolute Gasteiger partial charge is 0.259 e. The van der Waals surface area contributed by atoms with E-state index in [9.17, 15) is 4.79 Å². The van der Waals surface area contributed by atoms with E-state index in [4.69, 9.17) is 4.74 Å². The van der Waals surface area contributed by atoms with Gasteiger partial charge in [0.1, 0.15) is 5.56 Å². The third-order valence-electron chi connectivity index (χ3n) is 5.71. The van der Waals surface area contributed by atoms with Crippen LogP contribution in [0.3, 0.4) is 0 Å². The fraction of sp³-hybridized carbons (Fsp3) is 0.524. The summed E-state index contributed by atoms with van der Waals surface area (Å²) in [6.45, 7) is 9.74. The average Bonchev–Trinajstić information content (AvgIpc) is 3.26. The number of rotatable bonds is 3. The second-order valence-electron chi connectivity index (χ2n) is 8.72. The molecule has 7 heteroatoms. The van der Waals surface area contributed by atoms with Crippen molar-refractivity contribution in [2.24, 2.45) is 11.8 Å². The van der Waals surface area contributed by atoms with Crippen LogP contribution in [-0.2, 0) is 5.41 Å². The molecule has 0 N–H and O–H groups in total. The number of hydrogen-bond donors (Lipinski definition) is 0. The molecule has 2 saturated heterocycles. The van der Waals surface area contributed by atoms with Gasteiger partial charge in [-0.05, 0) is 24.3 Å². The SMILES string of the molecule is COc1ncccc1C(=O)N1CC2CN(c3ccc(C(C)(C)C)nn3)CC2C1. The van der Waals surface area contributed by atoms with Crippen LogP contribution in [0.15, 0.2) is 30.5 Å². The topological polar surface area (TPSA) is 71.5 Å². The molecule has 28 heavy (non-hydrogen) atoms. The maximum atomic E-state index is 12.9. The van der Waals surface area contributed by atoms with Crippen molar-refractivity contribution in [2.45, 2.75) is 26.2 Å². The molecule has 2 fully saturated rings. The van der Waals surface area contributed by atoms with Gasteiger partial charge in [0.15, 0.2) is 5.82 Å². The first-order valence-corrected chi connectivity index (χ1v) is 9.74. The van der Waals surface area contributed by atoms with Gasteiger partial charge >= 0.3 is 0 Å². The van der Waals surface area contributed by atoms with Crippen LogP contribution in [0.1, 0.15) is 36.8 Å². The van der Waals surface area contributed by atoms with E-state index >= 15 is 0 Å². The lowest BCUT2D eigenvalue weighted by atomic mass is 9.92. The zero-order chi connectivity index (χ0) is 19.9. The van der Waals surface area contributed by atoms with E-state index in [-0.39, 0.29) is 11.3 Å². The van der Waals surface area contributed by atoms with Crippen molar-refractivity contribution in [3.8, 4) is 5.88 Å². The predicted octanol–water partition coefficient (Wildman–Crippen LogP) is 2.39. The molecular weight excluding hydrogens is 354 g/mol. The van der Waals surface area contributed by atoms with E-state index in [2.05, 4.69) is 53.0 Å². The van der Waals surface area contributed by atoms with E-state index in [0.29, 0.717) is 23.3 Å². The number of pyridine rings is 1. The molecular formula is C21H27N5O2. The van der Waals surface area contributed by atoms with Gasteiger partial charge in [-0.1, -0.05) is 20.8 Å². The molecule has 7 nitrogen and oxygen atoms in total. The fourth-order valence-corrected chi connectivity index (χ4v) is 4.13. The lowest BCUT2D eigenvalue weighted by Gasteiger charge is -2.23. The van der Waals surface area contributed by atoms with Crippen LogP contribution in [0.5, 0.6) is 5.88 Å². The van der Waals surface area contributed by atoms with Crippen molar-refractivity contribution in [2.75, 3.05) is 38.2 Å². The van der Waals surface area contributed by atoms with Crippen LogP contribution in [0, 0.1) is 11.8 Å². The minimum absolute atomic E-state index is 0.000205. The van der Waals surface area contributed by atoms with E-state index in [1.54, 1.807) is 25.4 Å². The maximum absolute atomic E-state index is 12.9. The van der Waals surface area contributed by atoms with Crippen molar-refractivity contribution in [1.29, 1.82) is 0 Å². The molecule has 0 saturated carbocycles. The van der Waals surface area contributed by atoms with Crippen LogP contribution >= 0.6 is 0 Å². The first-order chi connectivity index (χ1) is 13.4. The average molecular weight is 381 g/mol. The van der Waals surface area contributed by atoms with Gasteiger partial charge in [-0.3, -0.25) is 4.79 Å². The summed E-state index contributed by atoms with van der Waals surface area (Å²) in [4.78, 5) is 21.3. The lowest BCUT2D eigenvalue weighted by molar-refractivity contribution is 0.0778. The summed E-state index contributed by atoms with van der Waals surface area (Å²) < 4.78 is 5.25. The molecule has 2 atom stereocenters. The highest BCUT2D eigenvalue weighted by atomic mass is 16.5. The van der Waals surface area contributed by atoms with Crippen molar-refractivity contribution < 1.29 is 9.53 Å². The van der Waals surface area contributed by atoms with Crippen molar-refractivity contribution in [1.82, 2.24) is 20.1 Å². The summed E-state index contributed by atoms with van der Waals surface area (Å²) in [5.41, 5.74) is 1.53. The summed E-state index contributed by atoms with van der Waals surface area (Å²) in [6.07, 6.45) is 1.64. The quantitative estimate of drug-likeness (QED) is 0.813. The standard InChI is InChI=1S/C21H27N5O2/c1-21(2,3)17-7-8-18(24-23-17)25-10-14-12-26(13-15(14)11-25)20(27)16-6-5-9-22-19(16)28-4/h5-9,14-15H,10-13H2,1-4H3. The normalized spacial score (nSPS) is 21.7. The highest BCUT2D eigenvalue weighted by Gasteiger charge is 2.42. The van der Waals surface area contributed by atoms with Crippen LogP contribution < -0.4 is 9.64 Å². The zero-order valence-electron chi connectivity index (χ0n) is 16.9. The third kappa shape index (κ3) is 3.41. The number of hydrogen-bond acceptors (Lipinski definition) is 6. The Hall–Kier alpha value is -2.70. The number of fused-ring (bicyclic) bond motifs is 1. The van der Waals surface area contributed by atoms with Gasteiger partial charge < -0.3 is 14.5 Å². The second kappa shape index (κ2) is 7.04. The summed E-state index contributed by atoms with van der Waals surface area (Å²) in [5, 5.41) is 8.86. The third-order valence-corrected chi connectivity index (χ3v) is 5.71. The van der Waals surface area contributed by atoms with Gasteiger partial charge in [0.05, 0.1) is 12.8 Å². The number of carbonyl (C=O) groups is 1. The summed E-state index contributed by atoms with van der Waals surface area (Å²) in [7, 11) is 1.54. The lowest BCUT2D eigenvalue weighted by Crippen LogP contribution is -2.34. The number of aromatic nitrogens is 3. The zero-order valence-corrected chi connectivity index (χ0v) is 16.9. The highest BCUT2D eigenvalue weighted by molar-refractivity contribution is 5.96. The number of ether oxygens (including phenoxy) is 1. The van der Waals surface area contributed by atoms with Crippen molar-refractivity contribution in [3.05, 3.63) is 41.7 Å².